The third-order valence-electron chi connectivity index (χ3n) is 6.33. The molecule has 0 unspecified atom stereocenters. The monoisotopic (exact) mass is 476 g/mol. The lowest BCUT2D eigenvalue weighted by Gasteiger charge is -2.27. The van der Waals surface area contributed by atoms with Gasteiger partial charge < -0.3 is 15.0 Å². The first-order valence-electron chi connectivity index (χ1n) is 12.2. The van der Waals surface area contributed by atoms with E-state index in [1.807, 2.05) is 24.3 Å². The van der Waals surface area contributed by atoms with Crippen LogP contribution in [-0.4, -0.2) is 40.6 Å². The molecule has 184 valence electrons. The Morgan fingerprint density at radius 2 is 1.89 bits per heavy atom. The highest BCUT2D eigenvalue weighted by Gasteiger charge is 2.17. The van der Waals surface area contributed by atoms with Gasteiger partial charge in [0.2, 0.25) is 0 Å². The molecular weight excluding hydrogens is 444 g/mol. The molecule has 4 rings (SSSR count). The van der Waals surface area contributed by atoms with Crippen molar-refractivity contribution in [1.29, 1.82) is 0 Å². The number of ether oxygens (including phenoxy) is 1. The molecule has 8 heteroatoms. The zero-order chi connectivity index (χ0) is 24.9. The summed E-state index contributed by atoms with van der Waals surface area (Å²) in [5.41, 5.74) is 2.37. The maximum absolute atomic E-state index is 12.9. The average Bonchev–Trinajstić information content (AvgIpc) is 3.09. The molecule has 0 atom stereocenters. The van der Waals surface area contributed by atoms with Crippen LogP contribution in [0.5, 0.6) is 0 Å². The number of fused-ring (bicyclic) bond motifs is 2. The molecule has 1 aromatic heterocycles. The summed E-state index contributed by atoms with van der Waals surface area (Å²) < 4.78 is 6.96. The van der Waals surface area contributed by atoms with Gasteiger partial charge in [0, 0.05) is 36.9 Å². The number of hydrogen-bond acceptors (Lipinski definition) is 6. The highest BCUT2D eigenvalue weighted by atomic mass is 16.5. The summed E-state index contributed by atoms with van der Waals surface area (Å²) in [6.45, 7) is 7.52. The first-order valence-corrected chi connectivity index (χ1v) is 12.2. The minimum absolute atomic E-state index is 0.0762. The maximum atomic E-state index is 12.9. The molecular formula is C27H32N4O4. The Morgan fingerprint density at radius 3 is 2.60 bits per heavy atom. The number of benzene rings is 2. The second kappa shape index (κ2) is 10.7. The minimum Gasteiger partial charge on any atom is -0.452 e. The number of carbonyl (C=O) groups is 2. The van der Waals surface area contributed by atoms with Crippen LogP contribution >= 0.6 is 0 Å². The number of nitrogens with zero attached hydrogens (tertiary/aromatic N) is 3. The highest BCUT2D eigenvalue weighted by molar-refractivity contribution is 5.97. The topological polar surface area (TPSA) is 93.5 Å². The summed E-state index contributed by atoms with van der Waals surface area (Å²) in [6, 6.07) is 12.7. The lowest BCUT2D eigenvalue weighted by atomic mass is 10.1. The van der Waals surface area contributed by atoms with Gasteiger partial charge in [0.15, 0.2) is 6.61 Å². The van der Waals surface area contributed by atoms with Gasteiger partial charge in [0.05, 0.1) is 16.5 Å². The van der Waals surface area contributed by atoms with Crippen LogP contribution in [-0.2, 0) is 22.5 Å². The summed E-state index contributed by atoms with van der Waals surface area (Å²) in [6.07, 6.45) is 3.77. The smallest absolute Gasteiger partial charge is 0.338 e. The molecule has 3 aromatic rings. The second-order valence-electron chi connectivity index (χ2n) is 9.08. The molecule has 8 nitrogen and oxygen atoms in total. The fraction of sp³-hybridized carbons (Fsp3) is 0.407. The van der Waals surface area contributed by atoms with E-state index in [0.29, 0.717) is 29.2 Å². The van der Waals surface area contributed by atoms with Crippen molar-refractivity contribution in [2.75, 3.05) is 23.4 Å². The van der Waals surface area contributed by atoms with E-state index in [1.54, 1.807) is 22.8 Å². The van der Waals surface area contributed by atoms with Crippen molar-refractivity contribution < 1.29 is 14.3 Å². The quantitative estimate of drug-likeness (QED) is 0.515. The average molecular weight is 477 g/mol. The summed E-state index contributed by atoms with van der Waals surface area (Å²) in [5, 5.41) is 3.23. The van der Waals surface area contributed by atoms with E-state index in [0.717, 1.165) is 43.7 Å². The molecule has 0 radical (unpaired) electrons. The Morgan fingerprint density at radius 1 is 1.11 bits per heavy atom. The summed E-state index contributed by atoms with van der Waals surface area (Å²) >= 11 is 0. The van der Waals surface area contributed by atoms with Crippen molar-refractivity contribution in [1.82, 2.24) is 9.55 Å². The van der Waals surface area contributed by atoms with E-state index >= 15 is 0 Å². The molecule has 1 N–H and O–H groups in total. The van der Waals surface area contributed by atoms with Crippen molar-refractivity contribution in [2.45, 2.75) is 59.0 Å². The standard InChI is InChI=1S/C27H32N4O4/c1-4-30(18(2)3)21-12-10-20(11-13-21)28-25(32)17-35-27(34)19-9-14-22-23(16-19)29-24-8-6-5-7-15-31(24)26(22)33/h9-14,16,18H,4-8,15,17H2,1-3H3,(H,28,32). The Kier molecular flexibility index (Phi) is 7.48. The predicted octanol–water partition coefficient (Wildman–Crippen LogP) is 4.15. The number of anilines is 2. The lowest BCUT2D eigenvalue weighted by molar-refractivity contribution is -0.119. The molecule has 2 aromatic carbocycles. The van der Waals surface area contributed by atoms with Gasteiger partial charge in [-0.25, -0.2) is 9.78 Å². The van der Waals surface area contributed by atoms with Crippen molar-refractivity contribution in [3.8, 4) is 0 Å². The molecule has 0 saturated carbocycles. The molecule has 0 fully saturated rings. The first kappa shape index (κ1) is 24.4. The summed E-state index contributed by atoms with van der Waals surface area (Å²) in [7, 11) is 0. The van der Waals surface area contributed by atoms with Crippen molar-refractivity contribution in [2.24, 2.45) is 0 Å². The first-order chi connectivity index (χ1) is 16.9. The maximum Gasteiger partial charge on any atom is 0.338 e. The van der Waals surface area contributed by atoms with Crippen LogP contribution in [0.4, 0.5) is 11.4 Å². The predicted molar refractivity (Wildman–Crippen MR) is 137 cm³/mol. The molecule has 1 aliphatic heterocycles. The van der Waals surface area contributed by atoms with E-state index in [4.69, 9.17) is 4.74 Å². The minimum atomic E-state index is -0.634. The number of hydrogen-bond donors (Lipinski definition) is 1. The van der Waals surface area contributed by atoms with Gasteiger partial charge >= 0.3 is 5.97 Å². The molecule has 2 heterocycles. The number of nitrogens with one attached hydrogen (secondary N) is 1. The zero-order valence-corrected chi connectivity index (χ0v) is 20.5. The largest absolute Gasteiger partial charge is 0.452 e. The van der Waals surface area contributed by atoms with Gasteiger partial charge in [-0.3, -0.25) is 14.2 Å². The molecule has 1 amide bonds. The Hall–Kier alpha value is -3.68. The number of carbonyl (C=O) groups excluding carboxylic acids is 2. The number of amides is 1. The van der Waals surface area contributed by atoms with Gasteiger partial charge in [-0.1, -0.05) is 6.42 Å². The Balaban J connectivity index is 1.39. The van der Waals surface area contributed by atoms with E-state index in [9.17, 15) is 14.4 Å². The van der Waals surface area contributed by atoms with Gasteiger partial charge in [-0.05, 0) is 76.1 Å². The van der Waals surface area contributed by atoms with Crippen LogP contribution in [0.2, 0.25) is 0 Å². The van der Waals surface area contributed by atoms with Gasteiger partial charge in [0.25, 0.3) is 11.5 Å². The van der Waals surface area contributed by atoms with Gasteiger partial charge in [-0.15, -0.1) is 0 Å². The molecule has 35 heavy (non-hydrogen) atoms. The van der Waals surface area contributed by atoms with E-state index in [1.165, 1.54) is 0 Å². The van der Waals surface area contributed by atoms with Crippen LogP contribution in [0.1, 0.15) is 56.2 Å². The van der Waals surface area contributed by atoms with E-state index in [-0.39, 0.29) is 11.1 Å². The normalized spacial score (nSPS) is 13.3. The lowest BCUT2D eigenvalue weighted by Crippen LogP contribution is -2.30. The van der Waals surface area contributed by atoms with Crippen molar-refractivity contribution in [3.05, 3.63) is 64.2 Å². The second-order valence-corrected chi connectivity index (χ2v) is 9.08. The van der Waals surface area contributed by atoms with Crippen LogP contribution < -0.4 is 15.8 Å². The Labute approximate surface area is 204 Å². The zero-order valence-electron chi connectivity index (χ0n) is 20.5. The number of rotatable bonds is 7. The van der Waals surface area contributed by atoms with Crippen molar-refractivity contribution in [3.63, 3.8) is 0 Å². The summed E-state index contributed by atoms with van der Waals surface area (Å²) in [4.78, 5) is 44.6. The van der Waals surface area contributed by atoms with Crippen molar-refractivity contribution >= 4 is 34.2 Å². The third-order valence-corrected chi connectivity index (χ3v) is 6.33. The molecule has 0 saturated heterocycles. The molecule has 0 spiro atoms. The van der Waals surface area contributed by atoms with Crippen LogP contribution in [0.15, 0.2) is 47.3 Å². The number of aromatic nitrogens is 2. The third kappa shape index (κ3) is 5.53. The van der Waals surface area contributed by atoms with Crippen LogP contribution in [0.3, 0.4) is 0 Å². The van der Waals surface area contributed by atoms with E-state index in [2.05, 4.69) is 36.0 Å². The summed E-state index contributed by atoms with van der Waals surface area (Å²) in [5.74, 6) is -0.305. The van der Waals surface area contributed by atoms with Crippen LogP contribution in [0.25, 0.3) is 10.9 Å². The Bertz CT molecular complexity index is 1280. The molecule has 0 bridgehead atoms. The van der Waals surface area contributed by atoms with E-state index < -0.39 is 18.5 Å². The van der Waals surface area contributed by atoms with Gasteiger partial charge in [-0.2, -0.15) is 0 Å². The molecule has 1 aliphatic rings. The molecule has 0 aliphatic carbocycles. The highest BCUT2D eigenvalue weighted by Crippen LogP contribution is 2.20. The number of aryl methyl sites for hydroxylation is 1. The SMILES string of the molecule is CCN(c1ccc(NC(=O)COC(=O)c2ccc3c(=O)n4c(nc3c2)CCCCC4)cc1)C(C)C. The fourth-order valence-corrected chi connectivity index (χ4v) is 4.54. The van der Waals surface area contributed by atoms with Crippen LogP contribution in [0, 0.1) is 0 Å². The fourth-order valence-electron chi connectivity index (χ4n) is 4.54. The van der Waals surface area contributed by atoms with Gasteiger partial charge in [0.1, 0.15) is 5.82 Å². The number of esters is 1.